The Bertz CT molecular complexity index is 533. The van der Waals surface area contributed by atoms with Crippen LogP contribution >= 0.6 is 0 Å². The third-order valence-electron chi connectivity index (χ3n) is 3.18. The Morgan fingerprint density at radius 3 is 2.75 bits per heavy atom. The Morgan fingerprint density at radius 1 is 1.50 bits per heavy atom. The molecule has 0 saturated heterocycles. The lowest BCUT2D eigenvalue weighted by Gasteiger charge is -2.14. The second-order valence-electron chi connectivity index (χ2n) is 4.45. The number of pyridine rings is 1. The van der Waals surface area contributed by atoms with E-state index in [1.807, 2.05) is 26.8 Å². The number of hydrogen-bond acceptors (Lipinski definition) is 3. The Balaban J connectivity index is 2.77. The number of halogens is 1. The minimum absolute atomic E-state index is 0.261. The molecule has 0 radical (unpaired) electrons. The van der Waals surface area contributed by atoms with Crippen molar-refractivity contribution in [3.05, 3.63) is 53.3 Å². The first-order valence-electron chi connectivity index (χ1n) is 6.84. The van der Waals surface area contributed by atoms with Gasteiger partial charge < -0.3 is 10.7 Å². The molecule has 1 heterocycles. The van der Waals surface area contributed by atoms with E-state index in [4.69, 9.17) is 5.41 Å². The summed E-state index contributed by atoms with van der Waals surface area (Å²) in [6, 6.07) is 1.69. The van der Waals surface area contributed by atoms with Crippen LogP contribution in [-0.2, 0) is 13.0 Å². The predicted octanol–water partition coefficient (Wildman–Crippen LogP) is 3.76. The van der Waals surface area contributed by atoms with Gasteiger partial charge in [0.2, 0.25) is 0 Å². The lowest BCUT2D eigenvalue weighted by molar-refractivity contribution is 0.575. The number of allylic oxidation sites excluding steroid dienone is 2. The fraction of sp³-hybridized carbons (Fsp3) is 0.375. The largest absolute Gasteiger partial charge is 0.379 e. The van der Waals surface area contributed by atoms with E-state index in [0.717, 1.165) is 5.57 Å². The number of aryl methyl sites for hydroxylation is 1. The van der Waals surface area contributed by atoms with Crippen LogP contribution < -0.4 is 5.32 Å². The zero-order valence-corrected chi connectivity index (χ0v) is 12.4. The van der Waals surface area contributed by atoms with Gasteiger partial charge in [0.05, 0.1) is 12.2 Å². The fourth-order valence-corrected chi connectivity index (χ4v) is 1.94. The first kappa shape index (κ1) is 16.1. The number of aromatic nitrogens is 1. The van der Waals surface area contributed by atoms with Crippen LogP contribution in [0.4, 0.5) is 4.39 Å². The monoisotopic (exact) mass is 275 g/mol. The van der Waals surface area contributed by atoms with Crippen LogP contribution in [0.2, 0.25) is 0 Å². The van der Waals surface area contributed by atoms with Crippen molar-refractivity contribution in [2.45, 2.75) is 40.2 Å². The molecule has 108 valence electrons. The molecule has 3 nitrogen and oxygen atoms in total. The molecular weight excluding hydrogens is 253 g/mol. The van der Waals surface area contributed by atoms with Crippen molar-refractivity contribution in [3.63, 3.8) is 0 Å². The van der Waals surface area contributed by atoms with Gasteiger partial charge in [0, 0.05) is 23.2 Å². The van der Waals surface area contributed by atoms with Gasteiger partial charge in [0.25, 0.3) is 0 Å². The lowest BCUT2D eigenvalue weighted by atomic mass is 10.1. The Morgan fingerprint density at radius 2 is 2.20 bits per heavy atom. The molecule has 1 aromatic rings. The predicted molar refractivity (Wildman–Crippen MR) is 81.3 cm³/mol. The first-order valence-corrected chi connectivity index (χ1v) is 6.84. The summed E-state index contributed by atoms with van der Waals surface area (Å²) < 4.78 is 14.0. The number of nitrogens with one attached hydrogen (secondary N) is 2. The van der Waals surface area contributed by atoms with E-state index in [2.05, 4.69) is 16.9 Å². The Labute approximate surface area is 120 Å². The molecule has 0 aliphatic rings. The third-order valence-corrected chi connectivity index (χ3v) is 3.18. The molecule has 0 spiro atoms. The maximum Gasteiger partial charge on any atom is 0.149 e. The molecule has 1 rings (SSSR count). The van der Waals surface area contributed by atoms with Gasteiger partial charge in [-0.1, -0.05) is 26.5 Å². The van der Waals surface area contributed by atoms with Gasteiger partial charge in [0.1, 0.15) is 5.82 Å². The normalized spacial score (nSPS) is 11.3. The molecule has 0 fully saturated rings. The van der Waals surface area contributed by atoms with Gasteiger partial charge >= 0.3 is 0 Å². The zero-order valence-electron chi connectivity index (χ0n) is 12.4. The van der Waals surface area contributed by atoms with Crippen molar-refractivity contribution >= 4 is 5.71 Å². The van der Waals surface area contributed by atoms with Gasteiger partial charge in [-0.3, -0.25) is 4.98 Å². The number of nitrogens with zero attached hydrogens (tertiary/aromatic N) is 1. The molecule has 0 aliphatic heterocycles. The molecule has 1 aromatic heterocycles. The van der Waals surface area contributed by atoms with Crippen LogP contribution in [0.5, 0.6) is 0 Å². The van der Waals surface area contributed by atoms with E-state index in [0.29, 0.717) is 35.5 Å². The standard InChI is InChI=1S/C16H22FN3/c1-5-12-8-9-19-15(16(12)17)10-20-11(4)13(6-2)14(18)7-3/h6,8-9,18,20H,4-5,7,10H2,1-3H3/b13-6-,18-14?. The Kier molecular flexibility index (Phi) is 6.10. The molecule has 0 saturated carbocycles. The van der Waals surface area contributed by atoms with Crippen LogP contribution in [0, 0.1) is 11.2 Å². The smallest absolute Gasteiger partial charge is 0.149 e. The second-order valence-corrected chi connectivity index (χ2v) is 4.45. The van der Waals surface area contributed by atoms with E-state index in [9.17, 15) is 4.39 Å². The van der Waals surface area contributed by atoms with E-state index in [1.54, 1.807) is 12.3 Å². The van der Waals surface area contributed by atoms with E-state index in [1.165, 1.54) is 0 Å². The van der Waals surface area contributed by atoms with E-state index in [-0.39, 0.29) is 12.4 Å². The van der Waals surface area contributed by atoms with E-state index < -0.39 is 0 Å². The minimum atomic E-state index is -0.261. The molecule has 2 N–H and O–H groups in total. The van der Waals surface area contributed by atoms with E-state index >= 15 is 0 Å². The SMILES string of the molecule is C=C(NCc1nccc(CC)c1F)/C(=C/C)C(=N)CC. The maximum atomic E-state index is 14.0. The van der Waals surface area contributed by atoms with Crippen molar-refractivity contribution in [1.82, 2.24) is 10.3 Å². The molecule has 0 atom stereocenters. The number of hydrogen-bond donors (Lipinski definition) is 2. The van der Waals surface area contributed by atoms with Crippen LogP contribution in [0.25, 0.3) is 0 Å². The lowest BCUT2D eigenvalue weighted by Crippen LogP contribution is -2.19. The maximum absolute atomic E-state index is 14.0. The van der Waals surface area contributed by atoms with Gasteiger partial charge in [0.15, 0.2) is 0 Å². The van der Waals surface area contributed by atoms with Crippen molar-refractivity contribution in [2.75, 3.05) is 0 Å². The average molecular weight is 275 g/mol. The molecule has 0 amide bonds. The van der Waals surface area contributed by atoms with Crippen LogP contribution in [0.1, 0.15) is 38.4 Å². The molecule has 0 bridgehead atoms. The van der Waals surface area contributed by atoms with Gasteiger partial charge in [-0.15, -0.1) is 0 Å². The molecular formula is C16H22FN3. The average Bonchev–Trinajstić information content (AvgIpc) is 2.46. The number of rotatable bonds is 7. The van der Waals surface area contributed by atoms with Crippen molar-refractivity contribution in [1.29, 1.82) is 5.41 Å². The first-order chi connectivity index (χ1) is 9.54. The third kappa shape index (κ3) is 3.76. The quantitative estimate of drug-likeness (QED) is 0.588. The fourth-order valence-electron chi connectivity index (χ4n) is 1.94. The molecule has 0 unspecified atom stereocenters. The van der Waals surface area contributed by atoms with Crippen LogP contribution in [0.15, 0.2) is 36.2 Å². The molecule has 4 heteroatoms. The minimum Gasteiger partial charge on any atom is -0.379 e. The molecule has 20 heavy (non-hydrogen) atoms. The highest BCUT2D eigenvalue weighted by molar-refractivity contribution is 6.01. The summed E-state index contributed by atoms with van der Waals surface area (Å²) in [4.78, 5) is 4.06. The molecule has 0 aromatic carbocycles. The highest BCUT2D eigenvalue weighted by atomic mass is 19.1. The van der Waals surface area contributed by atoms with Crippen molar-refractivity contribution in [3.8, 4) is 0 Å². The highest BCUT2D eigenvalue weighted by Gasteiger charge is 2.10. The van der Waals surface area contributed by atoms with Crippen LogP contribution in [-0.4, -0.2) is 10.7 Å². The summed E-state index contributed by atoms with van der Waals surface area (Å²) in [5, 5.41) is 10.9. The summed E-state index contributed by atoms with van der Waals surface area (Å²) in [6.45, 7) is 9.88. The topological polar surface area (TPSA) is 48.8 Å². The summed E-state index contributed by atoms with van der Waals surface area (Å²) in [7, 11) is 0. The zero-order chi connectivity index (χ0) is 15.1. The van der Waals surface area contributed by atoms with Gasteiger partial charge in [-0.05, 0) is 31.4 Å². The van der Waals surface area contributed by atoms with Gasteiger partial charge in [-0.2, -0.15) is 0 Å². The van der Waals surface area contributed by atoms with Crippen molar-refractivity contribution in [2.24, 2.45) is 0 Å². The van der Waals surface area contributed by atoms with Crippen LogP contribution in [0.3, 0.4) is 0 Å². The summed E-state index contributed by atoms with van der Waals surface area (Å²) in [5.41, 5.74) is 2.95. The van der Waals surface area contributed by atoms with Crippen molar-refractivity contribution < 1.29 is 4.39 Å². The summed E-state index contributed by atoms with van der Waals surface area (Å²) in [5.74, 6) is -0.261. The summed E-state index contributed by atoms with van der Waals surface area (Å²) >= 11 is 0. The highest BCUT2D eigenvalue weighted by Crippen LogP contribution is 2.13. The summed E-state index contributed by atoms with van der Waals surface area (Å²) in [6.07, 6.45) is 4.74. The second kappa shape index (κ2) is 7.58. The molecule has 0 aliphatic carbocycles. The van der Waals surface area contributed by atoms with Gasteiger partial charge in [-0.25, -0.2) is 4.39 Å². The Hall–Kier alpha value is -1.97.